The van der Waals surface area contributed by atoms with Crippen molar-refractivity contribution < 1.29 is 28.2 Å². The number of hydrogen-bond donors (Lipinski definition) is 1. The Labute approximate surface area is 200 Å². The van der Waals surface area contributed by atoms with E-state index in [-0.39, 0.29) is 11.6 Å². The Morgan fingerprint density at radius 1 is 1.09 bits per heavy atom. The Hall–Kier alpha value is -3.45. The fourth-order valence-corrected chi connectivity index (χ4v) is 4.35. The monoisotopic (exact) mass is 485 g/mol. The number of carbonyl (C=O) groups excluding carboxylic acids is 1. The Morgan fingerprint density at radius 3 is 2.59 bits per heavy atom. The fourth-order valence-electron chi connectivity index (χ4n) is 4.24. The number of carbonyl (C=O) groups is 2. The summed E-state index contributed by atoms with van der Waals surface area (Å²) in [5.41, 5.74) is 1.68. The molecule has 0 radical (unpaired) electrons. The molecule has 34 heavy (non-hydrogen) atoms. The topological polar surface area (TPSA) is 66.8 Å². The molecule has 3 aromatic carbocycles. The van der Waals surface area contributed by atoms with E-state index in [9.17, 15) is 23.5 Å². The molecule has 5 nitrogen and oxygen atoms in total. The quantitative estimate of drug-likeness (QED) is 0.494. The standard InChI is InChI=1S/C26H22ClF2NO4/c1-26(12-16-5-7-21(27)22(29)10-16)13-19-11-18(6-8-23(19)34-26)25(33)30(15-24(31)32)14-17-3-2-4-20(28)9-17/h2-11H,12-15H2,1H3,(H,31,32)/t26-/m0/s1. The summed E-state index contributed by atoms with van der Waals surface area (Å²) in [5.74, 6) is -2.00. The summed E-state index contributed by atoms with van der Waals surface area (Å²) in [6.07, 6.45) is 0.917. The fraction of sp³-hybridized carbons (Fsp3) is 0.231. The van der Waals surface area contributed by atoms with Gasteiger partial charge in [-0.2, -0.15) is 0 Å². The highest BCUT2D eigenvalue weighted by Gasteiger charge is 2.36. The molecule has 1 amide bonds. The van der Waals surface area contributed by atoms with Crippen LogP contribution in [-0.4, -0.2) is 34.0 Å². The van der Waals surface area contributed by atoms with Crippen LogP contribution in [0.4, 0.5) is 8.78 Å². The van der Waals surface area contributed by atoms with Crippen molar-refractivity contribution in [3.8, 4) is 5.75 Å². The number of hydrogen-bond acceptors (Lipinski definition) is 3. The molecule has 1 N–H and O–H groups in total. The number of nitrogens with zero attached hydrogens (tertiary/aromatic N) is 1. The van der Waals surface area contributed by atoms with Crippen molar-refractivity contribution in [2.24, 2.45) is 0 Å². The van der Waals surface area contributed by atoms with E-state index < -0.39 is 35.7 Å². The van der Waals surface area contributed by atoms with E-state index in [0.717, 1.165) is 16.0 Å². The Balaban J connectivity index is 1.53. The first kappa shape index (κ1) is 23.7. The van der Waals surface area contributed by atoms with Crippen LogP contribution in [0.15, 0.2) is 60.7 Å². The molecule has 0 saturated heterocycles. The second-order valence-corrected chi connectivity index (χ2v) is 9.07. The maximum Gasteiger partial charge on any atom is 0.323 e. The second-order valence-electron chi connectivity index (χ2n) is 8.66. The van der Waals surface area contributed by atoms with Crippen LogP contribution in [0.3, 0.4) is 0 Å². The van der Waals surface area contributed by atoms with Crippen LogP contribution < -0.4 is 4.74 Å². The number of carboxylic acids is 1. The third-order valence-corrected chi connectivity index (χ3v) is 5.97. The van der Waals surface area contributed by atoms with Crippen LogP contribution in [0, 0.1) is 11.6 Å². The second kappa shape index (κ2) is 9.43. The molecule has 0 aromatic heterocycles. The van der Waals surface area contributed by atoms with Gasteiger partial charge in [0.25, 0.3) is 5.91 Å². The van der Waals surface area contributed by atoms with Crippen LogP contribution in [0.5, 0.6) is 5.75 Å². The maximum atomic E-state index is 13.8. The first-order chi connectivity index (χ1) is 16.1. The lowest BCUT2D eigenvalue weighted by Gasteiger charge is -2.24. The molecular weight excluding hydrogens is 464 g/mol. The minimum atomic E-state index is -1.17. The summed E-state index contributed by atoms with van der Waals surface area (Å²) >= 11 is 5.77. The molecule has 3 aromatic rings. The minimum Gasteiger partial charge on any atom is -0.487 e. The number of amides is 1. The predicted octanol–water partition coefficient (Wildman–Crippen LogP) is 5.28. The van der Waals surface area contributed by atoms with Gasteiger partial charge in [0, 0.05) is 24.9 Å². The van der Waals surface area contributed by atoms with Gasteiger partial charge in [-0.1, -0.05) is 29.8 Å². The molecule has 1 atom stereocenters. The Kier molecular flexibility index (Phi) is 6.57. The molecule has 0 spiro atoms. The summed E-state index contributed by atoms with van der Waals surface area (Å²) in [6, 6.07) is 15.3. The zero-order chi connectivity index (χ0) is 24.5. The van der Waals surface area contributed by atoms with Crippen molar-refractivity contribution >= 4 is 23.5 Å². The van der Waals surface area contributed by atoms with E-state index in [4.69, 9.17) is 16.3 Å². The predicted molar refractivity (Wildman–Crippen MR) is 123 cm³/mol. The summed E-state index contributed by atoms with van der Waals surface area (Å²) in [5, 5.41) is 9.34. The van der Waals surface area contributed by atoms with Gasteiger partial charge in [0.1, 0.15) is 29.5 Å². The highest BCUT2D eigenvalue weighted by Crippen LogP contribution is 2.38. The molecule has 1 aliphatic heterocycles. The smallest absolute Gasteiger partial charge is 0.323 e. The third kappa shape index (κ3) is 5.37. The number of halogens is 3. The van der Waals surface area contributed by atoms with Crippen LogP contribution in [0.2, 0.25) is 5.02 Å². The van der Waals surface area contributed by atoms with E-state index in [0.29, 0.717) is 29.7 Å². The Bertz CT molecular complexity index is 1270. The van der Waals surface area contributed by atoms with Crippen molar-refractivity contribution in [1.82, 2.24) is 4.90 Å². The average molecular weight is 486 g/mol. The highest BCUT2D eigenvalue weighted by atomic mass is 35.5. The largest absolute Gasteiger partial charge is 0.487 e. The van der Waals surface area contributed by atoms with Gasteiger partial charge < -0.3 is 14.7 Å². The molecule has 4 rings (SSSR count). The van der Waals surface area contributed by atoms with Gasteiger partial charge in [0.05, 0.1) is 5.02 Å². The summed E-state index contributed by atoms with van der Waals surface area (Å²) < 4.78 is 33.5. The van der Waals surface area contributed by atoms with Crippen molar-refractivity contribution in [3.63, 3.8) is 0 Å². The van der Waals surface area contributed by atoms with Crippen LogP contribution >= 0.6 is 11.6 Å². The lowest BCUT2D eigenvalue weighted by atomic mass is 9.91. The van der Waals surface area contributed by atoms with E-state index in [1.54, 1.807) is 30.3 Å². The molecule has 176 valence electrons. The normalized spacial score (nSPS) is 16.6. The highest BCUT2D eigenvalue weighted by molar-refractivity contribution is 6.30. The van der Waals surface area contributed by atoms with E-state index in [1.807, 2.05) is 6.92 Å². The SMILES string of the molecule is C[C@]1(Cc2ccc(Cl)c(F)c2)Cc2cc(C(=O)N(CC(=O)O)Cc3cccc(F)c3)ccc2O1. The summed E-state index contributed by atoms with van der Waals surface area (Å²) in [4.78, 5) is 25.7. The summed E-state index contributed by atoms with van der Waals surface area (Å²) in [7, 11) is 0. The maximum absolute atomic E-state index is 13.8. The van der Waals surface area contributed by atoms with Crippen LogP contribution in [-0.2, 0) is 24.2 Å². The van der Waals surface area contributed by atoms with Gasteiger partial charge in [-0.05, 0) is 66.1 Å². The van der Waals surface area contributed by atoms with E-state index in [2.05, 4.69) is 0 Å². The lowest BCUT2D eigenvalue weighted by Crippen LogP contribution is -2.35. The van der Waals surface area contributed by atoms with Gasteiger partial charge in [-0.15, -0.1) is 0 Å². The molecule has 1 heterocycles. The van der Waals surface area contributed by atoms with Gasteiger partial charge >= 0.3 is 5.97 Å². The first-order valence-corrected chi connectivity index (χ1v) is 11.0. The van der Waals surface area contributed by atoms with Gasteiger partial charge in [-0.3, -0.25) is 9.59 Å². The van der Waals surface area contributed by atoms with E-state index >= 15 is 0 Å². The molecule has 0 aliphatic carbocycles. The molecule has 0 unspecified atom stereocenters. The first-order valence-electron chi connectivity index (χ1n) is 10.6. The number of aliphatic carboxylic acids is 1. The molecule has 0 saturated carbocycles. The number of carboxylic acid groups (broad SMARTS) is 1. The minimum absolute atomic E-state index is 0.0453. The van der Waals surface area contributed by atoms with Gasteiger partial charge in [0.15, 0.2) is 0 Å². The zero-order valence-electron chi connectivity index (χ0n) is 18.4. The lowest BCUT2D eigenvalue weighted by molar-refractivity contribution is -0.137. The Morgan fingerprint density at radius 2 is 1.88 bits per heavy atom. The van der Waals surface area contributed by atoms with Gasteiger partial charge in [0.2, 0.25) is 0 Å². The third-order valence-electron chi connectivity index (χ3n) is 5.67. The van der Waals surface area contributed by atoms with Crippen molar-refractivity contribution in [3.05, 3.63) is 99.6 Å². The van der Waals surface area contributed by atoms with E-state index in [1.165, 1.54) is 30.3 Å². The number of fused-ring (bicyclic) bond motifs is 1. The summed E-state index contributed by atoms with van der Waals surface area (Å²) in [6.45, 7) is 1.33. The van der Waals surface area contributed by atoms with Crippen LogP contribution in [0.25, 0.3) is 0 Å². The molecule has 0 fully saturated rings. The van der Waals surface area contributed by atoms with Crippen LogP contribution in [0.1, 0.15) is 34.0 Å². The zero-order valence-corrected chi connectivity index (χ0v) is 19.1. The van der Waals surface area contributed by atoms with Crippen molar-refractivity contribution in [2.75, 3.05) is 6.54 Å². The number of ether oxygens (including phenoxy) is 1. The molecule has 8 heteroatoms. The van der Waals surface area contributed by atoms with Crippen molar-refractivity contribution in [2.45, 2.75) is 31.9 Å². The number of rotatable bonds is 7. The number of benzene rings is 3. The molecule has 1 aliphatic rings. The van der Waals surface area contributed by atoms with Gasteiger partial charge in [-0.25, -0.2) is 8.78 Å². The average Bonchev–Trinajstić information content (AvgIpc) is 3.10. The molecule has 0 bridgehead atoms. The molecular formula is C26H22ClF2NO4. The van der Waals surface area contributed by atoms with Crippen molar-refractivity contribution in [1.29, 1.82) is 0 Å².